The molecule has 3 spiro atoms. The summed E-state index contributed by atoms with van der Waals surface area (Å²) in [6.45, 7) is 0. The smallest absolute Gasteiger partial charge is 0.0766 e. The Morgan fingerprint density at radius 2 is 0.430 bits per heavy atom. The Hall–Kier alpha value is -10.6. The van der Waals surface area contributed by atoms with E-state index in [0.29, 0.717) is 0 Å². The zero-order chi connectivity index (χ0) is 64.0. The SMILES string of the molecule is CN(C)c1ccc2c(c1)-c1ccccc1C21c2ccccc2-c2cc(N(C)C)ccc21.CN(C)c1cccc2c1-c1ccccc1C21c2ccccc2-c2c(N(C)C)cccc21.CN(C)c1cccc2c1C1(c3ccccc3-2)c2ccccc2-c2cccc(N(C)C)c21. The third kappa shape index (κ3) is 7.75. The predicted octanol–water partition coefficient (Wildman–Crippen LogP) is 18.5. The van der Waals surface area contributed by atoms with Crippen LogP contribution in [0, 0.1) is 0 Å². The van der Waals surface area contributed by atoms with Crippen molar-refractivity contribution in [2.75, 3.05) is 114 Å². The van der Waals surface area contributed by atoms with Crippen molar-refractivity contribution in [3.8, 4) is 66.8 Å². The van der Waals surface area contributed by atoms with Gasteiger partial charge in [-0.1, -0.05) is 206 Å². The maximum atomic E-state index is 2.36. The molecule has 0 heterocycles. The summed E-state index contributed by atoms with van der Waals surface area (Å²) in [6, 6.07) is 95.1. The molecule has 0 saturated carbocycles. The molecule has 6 heteroatoms. The highest BCUT2D eigenvalue weighted by Gasteiger charge is 2.56. The van der Waals surface area contributed by atoms with Crippen LogP contribution in [0.25, 0.3) is 66.8 Å². The van der Waals surface area contributed by atoms with Gasteiger partial charge in [-0.3, -0.25) is 0 Å². The van der Waals surface area contributed by atoms with Gasteiger partial charge in [0.05, 0.1) is 16.2 Å². The summed E-state index contributed by atoms with van der Waals surface area (Å²) in [7, 11) is 25.7. The lowest BCUT2D eigenvalue weighted by Gasteiger charge is -2.35. The van der Waals surface area contributed by atoms with Crippen LogP contribution in [0.5, 0.6) is 0 Å². The van der Waals surface area contributed by atoms with Gasteiger partial charge >= 0.3 is 0 Å². The summed E-state index contributed by atoms with van der Waals surface area (Å²) in [5, 5.41) is 0. The predicted molar refractivity (Wildman–Crippen MR) is 394 cm³/mol. The summed E-state index contributed by atoms with van der Waals surface area (Å²) in [4.78, 5) is 13.4. The molecule has 0 aliphatic heterocycles. The molecule has 18 rings (SSSR count). The maximum Gasteiger partial charge on any atom is 0.0766 e. The largest absolute Gasteiger partial charge is 0.378 e. The van der Waals surface area contributed by atoms with Crippen molar-refractivity contribution in [1.29, 1.82) is 0 Å². The molecule has 0 N–H and O–H groups in total. The fourth-order valence-electron chi connectivity index (χ4n) is 17.6. The molecule has 456 valence electrons. The van der Waals surface area contributed by atoms with Crippen LogP contribution in [0.1, 0.15) is 66.8 Å². The minimum Gasteiger partial charge on any atom is -0.378 e. The van der Waals surface area contributed by atoms with Crippen LogP contribution >= 0.6 is 0 Å². The van der Waals surface area contributed by atoms with E-state index in [0.717, 1.165) is 0 Å². The summed E-state index contributed by atoms with van der Waals surface area (Å²) < 4.78 is 0. The fourth-order valence-corrected chi connectivity index (χ4v) is 17.6. The quantitative estimate of drug-likeness (QED) is 0.164. The van der Waals surface area contributed by atoms with Crippen LogP contribution in [0.15, 0.2) is 255 Å². The van der Waals surface area contributed by atoms with Gasteiger partial charge in [-0.05, 0) is 160 Å². The lowest BCUT2D eigenvalue weighted by Crippen LogP contribution is -2.30. The first kappa shape index (κ1) is 57.6. The van der Waals surface area contributed by atoms with Gasteiger partial charge in [-0.15, -0.1) is 0 Å². The van der Waals surface area contributed by atoms with E-state index < -0.39 is 0 Å². The van der Waals surface area contributed by atoms with Crippen molar-refractivity contribution in [2.45, 2.75) is 16.2 Å². The van der Waals surface area contributed by atoms with Gasteiger partial charge in [-0.2, -0.15) is 0 Å². The Labute approximate surface area is 549 Å². The van der Waals surface area contributed by atoms with Crippen LogP contribution in [0.3, 0.4) is 0 Å². The van der Waals surface area contributed by atoms with E-state index in [1.807, 2.05) is 0 Å². The minimum atomic E-state index is -0.320. The fraction of sp³-hybridized carbons (Fsp3) is 0.172. The van der Waals surface area contributed by atoms with Gasteiger partial charge in [0.15, 0.2) is 0 Å². The number of rotatable bonds is 6. The van der Waals surface area contributed by atoms with Gasteiger partial charge in [0, 0.05) is 141 Å². The Morgan fingerprint density at radius 3 is 0.774 bits per heavy atom. The highest BCUT2D eigenvalue weighted by molar-refractivity contribution is 6.03. The second kappa shape index (κ2) is 21.3. The Morgan fingerprint density at radius 1 is 0.183 bits per heavy atom. The summed E-state index contributed by atoms with van der Waals surface area (Å²) >= 11 is 0. The van der Waals surface area contributed by atoms with E-state index >= 15 is 0 Å². The number of anilines is 6. The third-order valence-corrected chi connectivity index (χ3v) is 21.2. The van der Waals surface area contributed by atoms with Crippen LogP contribution < -0.4 is 29.4 Å². The third-order valence-electron chi connectivity index (χ3n) is 21.2. The standard InChI is InChI=1S/3C29H26N2/c1-30(2)25-17-9-13-21-19-11-5-7-15-23(19)29(27(21)25)24-16-8-6-12-20(24)22-14-10-18-26(28(22)29)31(3)4;1-30(2)25-17-9-15-23-27(25)19-11-5-7-13-21(19)29(23)22-14-8-6-12-20(22)28-24(29)16-10-18-26(28)31(3)4;1-30(2)19-13-15-27-23(17-19)21-9-5-7-11-25(21)29(27)26-12-8-6-10-22(26)24-18-20(31(3)4)14-16-28(24)29/h3*5-18H,1-4H3. The lowest BCUT2D eigenvalue weighted by molar-refractivity contribution is 0.786. The number of nitrogens with zero attached hydrogens (tertiary/aromatic N) is 6. The van der Waals surface area contributed by atoms with Crippen molar-refractivity contribution in [3.05, 3.63) is 322 Å². The van der Waals surface area contributed by atoms with Crippen LogP contribution in [0.4, 0.5) is 34.1 Å². The van der Waals surface area contributed by atoms with Gasteiger partial charge < -0.3 is 29.4 Å². The van der Waals surface area contributed by atoms with E-state index in [-0.39, 0.29) is 16.2 Å². The maximum absolute atomic E-state index is 2.36. The molecule has 93 heavy (non-hydrogen) atoms. The molecule has 0 amide bonds. The van der Waals surface area contributed by atoms with E-state index in [4.69, 9.17) is 0 Å². The van der Waals surface area contributed by atoms with Crippen LogP contribution in [0.2, 0.25) is 0 Å². The van der Waals surface area contributed by atoms with Crippen molar-refractivity contribution < 1.29 is 0 Å². The van der Waals surface area contributed by atoms with Gasteiger partial charge in [0.1, 0.15) is 0 Å². The Bertz CT molecular complexity index is 4720. The monoisotopic (exact) mass is 1210 g/mol. The molecule has 6 aliphatic rings. The highest BCUT2D eigenvalue weighted by Crippen LogP contribution is 2.68. The first-order chi connectivity index (χ1) is 45.2. The average Bonchev–Trinajstić information content (AvgIpc) is 1.53. The zero-order valence-corrected chi connectivity index (χ0v) is 55.4. The normalized spacial score (nSPS) is 14.1. The zero-order valence-electron chi connectivity index (χ0n) is 55.4. The first-order valence-electron chi connectivity index (χ1n) is 32.6. The number of fused-ring (bicyclic) bond motifs is 30. The van der Waals surface area contributed by atoms with E-state index in [1.165, 1.54) is 168 Å². The van der Waals surface area contributed by atoms with E-state index in [2.05, 4.69) is 369 Å². The molecule has 6 aliphatic carbocycles. The van der Waals surface area contributed by atoms with Crippen LogP contribution in [-0.4, -0.2) is 84.6 Å². The van der Waals surface area contributed by atoms with Crippen molar-refractivity contribution >= 4 is 34.1 Å². The van der Waals surface area contributed by atoms with Crippen LogP contribution in [-0.2, 0) is 16.2 Å². The molecule has 12 aromatic rings. The summed E-state index contributed by atoms with van der Waals surface area (Å²) in [6.07, 6.45) is 0. The summed E-state index contributed by atoms with van der Waals surface area (Å²) in [5.74, 6) is 0. The number of benzene rings is 12. The molecule has 6 nitrogen and oxygen atoms in total. The molecule has 0 fully saturated rings. The molecule has 0 atom stereocenters. The lowest BCUT2D eigenvalue weighted by atomic mass is 9.69. The van der Waals surface area contributed by atoms with E-state index in [1.54, 1.807) is 0 Å². The summed E-state index contributed by atoms with van der Waals surface area (Å²) in [5.41, 5.74) is 39.6. The van der Waals surface area contributed by atoms with Crippen molar-refractivity contribution in [2.24, 2.45) is 0 Å². The number of hydrogen-bond acceptors (Lipinski definition) is 6. The second-order valence-corrected chi connectivity index (χ2v) is 27.1. The Balaban J connectivity index is 0.000000111. The van der Waals surface area contributed by atoms with Gasteiger partial charge in [0.2, 0.25) is 0 Å². The minimum absolute atomic E-state index is 0.256. The topological polar surface area (TPSA) is 19.4 Å². The highest BCUT2D eigenvalue weighted by atomic mass is 15.1. The molecule has 12 aromatic carbocycles. The van der Waals surface area contributed by atoms with E-state index in [9.17, 15) is 0 Å². The van der Waals surface area contributed by atoms with Crippen molar-refractivity contribution in [1.82, 2.24) is 0 Å². The molecule has 0 unspecified atom stereocenters. The Kier molecular flexibility index (Phi) is 13.2. The molecule has 0 saturated heterocycles. The molecular weight excluding hydrogens is 1130 g/mol. The average molecular weight is 1210 g/mol. The van der Waals surface area contributed by atoms with Gasteiger partial charge in [-0.25, -0.2) is 0 Å². The van der Waals surface area contributed by atoms with Crippen molar-refractivity contribution in [3.63, 3.8) is 0 Å². The molecular formula is C87H78N6. The first-order valence-corrected chi connectivity index (χ1v) is 32.6. The van der Waals surface area contributed by atoms with Gasteiger partial charge in [0.25, 0.3) is 0 Å². The second-order valence-electron chi connectivity index (χ2n) is 27.1. The molecule has 0 aromatic heterocycles. The molecule has 0 bridgehead atoms. The molecule has 0 radical (unpaired) electrons. The number of hydrogen-bond donors (Lipinski definition) is 0.